The van der Waals surface area contributed by atoms with Gasteiger partial charge in [-0.3, -0.25) is 9.48 Å². The number of nitrogens with zero attached hydrogens (tertiary/aromatic N) is 2. The lowest BCUT2D eigenvalue weighted by atomic mass is 10.0. The maximum atomic E-state index is 13.8. The Kier molecular flexibility index (Phi) is 6.63. The second-order valence-electron chi connectivity index (χ2n) is 9.08. The summed E-state index contributed by atoms with van der Waals surface area (Å²) in [6.07, 6.45) is -4.54. The van der Waals surface area contributed by atoms with E-state index in [1.165, 1.54) is 6.07 Å². The quantitative estimate of drug-likeness (QED) is 0.233. The normalized spacial score (nSPS) is 12.4. The number of nitrogens with one attached hydrogen (secondary N) is 1. The van der Waals surface area contributed by atoms with Gasteiger partial charge in [-0.05, 0) is 48.4 Å². The van der Waals surface area contributed by atoms with Crippen LogP contribution in [0.1, 0.15) is 29.5 Å². The highest BCUT2D eigenvalue weighted by Gasteiger charge is 2.34. The number of carboxylic acid groups (broad SMARTS) is 1. The van der Waals surface area contributed by atoms with E-state index < -0.39 is 23.6 Å². The third kappa shape index (κ3) is 5.11. The van der Waals surface area contributed by atoms with E-state index in [9.17, 15) is 23.1 Å². The fourth-order valence-corrected chi connectivity index (χ4v) is 4.50. The van der Waals surface area contributed by atoms with E-state index in [-0.39, 0.29) is 5.52 Å². The average molecular weight is 516 g/mol. The molecule has 0 radical (unpaired) electrons. The Balaban J connectivity index is 1.59. The smallest absolute Gasteiger partial charge is 0.418 e. The topological polar surface area (TPSA) is 67.2 Å². The van der Waals surface area contributed by atoms with Gasteiger partial charge in [0.1, 0.15) is 5.52 Å². The van der Waals surface area contributed by atoms with E-state index in [1.54, 1.807) is 35.9 Å². The number of fused-ring (bicyclic) bond motifs is 1. The van der Waals surface area contributed by atoms with Crippen molar-refractivity contribution < 1.29 is 23.1 Å². The summed E-state index contributed by atoms with van der Waals surface area (Å²) in [6.45, 7) is 1.92. The summed E-state index contributed by atoms with van der Waals surface area (Å²) in [4.78, 5) is 11.4. The van der Waals surface area contributed by atoms with Gasteiger partial charge in [-0.25, -0.2) is 0 Å². The van der Waals surface area contributed by atoms with Crippen molar-refractivity contribution in [2.75, 3.05) is 5.32 Å². The van der Waals surface area contributed by atoms with E-state index >= 15 is 0 Å². The monoisotopic (exact) mass is 515 g/mol. The van der Waals surface area contributed by atoms with Gasteiger partial charge in [0, 0.05) is 22.3 Å². The van der Waals surface area contributed by atoms with Crippen LogP contribution in [0.2, 0.25) is 0 Å². The predicted octanol–water partition coefficient (Wildman–Crippen LogP) is 7.70. The molecule has 192 valence electrons. The molecular weight excluding hydrogens is 491 g/mol. The van der Waals surface area contributed by atoms with Crippen LogP contribution in [0.3, 0.4) is 0 Å². The number of rotatable bonds is 7. The van der Waals surface area contributed by atoms with Crippen LogP contribution in [0.4, 0.5) is 24.5 Å². The molecule has 2 N–H and O–H groups in total. The molecule has 4 aromatic carbocycles. The number of carboxylic acids is 1. The van der Waals surface area contributed by atoms with Crippen LogP contribution >= 0.6 is 0 Å². The number of hydrogen-bond donors (Lipinski definition) is 2. The summed E-state index contributed by atoms with van der Waals surface area (Å²) < 4.78 is 43.1. The van der Waals surface area contributed by atoms with Crippen LogP contribution in [0.5, 0.6) is 0 Å². The Hall–Kier alpha value is -4.59. The van der Waals surface area contributed by atoms with Crippen LogP contribution in [-0.2, 0) is 17.5 Å². The molecule has 8 heteroatoms. The molecule has 0 aliphatic heterocycles. The summed E-state index contributed by atoms with van der Waals surface area (Å²) >= 11 is 0. The number of alkyl halides is 3. The Morgan fingerprint density at radius 1 is 0.921 bits per heavy atom. The molecule has 0 saturated carbocycles. The third-order valence-corrected chi connectivity index (χ3v) is 6.43. The predicted molar refractivity (Wildman–Crippen MR) is 141 cm³/mol. The average Bonchev–Trinajstić information content (AvgIpc) is 3.26. The van der Waals surface area contributed by atoms with Crippen LogP contribution in [-0.4, -0.2) is 20.9 Å². The zero-order valence-corrected chi connectivity index (χ0v) is 20.4. The van der Waals surface area contributed by atoms with Gasteiger partial charge < -0.3 is 10.4 Å². The summed E-state index contributed by atoms with van der Waals surface area (Å²) in [5.41, 5.74) is 3.38. The number of aromatic nitrogens is 2. The minimum Gasteiger partial charge on any atom is -0.481 e. The molecule has 5 rings (SSSR count). The zero-order valence-electron chi connectivity index (χ0n) is 20.4. The number of anilines is 2. The standard InChI is InChI=1S/C30H24F3N3O2/c1-19(29(37)38)21-10-5-12-23(16-21)34-24-13-6-11-22(17-24)28-25-14-7-15-26(30(31,32)33)27(25)35-36(28)18-20-8-3-2-4-9-20/h2-17,19,34H,18H2,1H3,(H,37,38). The molecule has 38 heavy (non-hydrogen) atoms. The van der Waals surface area contributed by atoms with Crippen molar-refractivity contribution in [3.05, 3.63) is 114 Å². The van der Waals surface area contributed by atoms with E-state index in [2.05, 4.69) is 10.4 Å². The first-order valence-electron chi connectivity index (χ1n) is 12.0. The van der Waals surface area contributed by atoms with Gasteiger partial charge in [0.2, 0.25) is 0 Å². The van der Waals surface area contributed by atoms with Crippen molar-refractivity contribution in [3.8, 4) is 11.3 Å². The van der Waals surface area contributed by atoms with Crippen LogP contribution in [0.15, 0.2) is 97.1 Å². The molecule has 1 unspecified atom stereocenters. The number of benzene rings is 4. The van der Waals surface area contributed by atoms with E-state index in [0.29, 0.717) is 40.1 Å². The lowest BCUT2D eigenvalue weighted by Gasteiger charge is -2.13. The lowest BCUT2D eigenvalue weighted by Crippen LogP contribution is -2.07. The highest BCUT2D eigenvalue weighted by molar-refractivity contribution is 5.96. The fourth-order valence-electron chi connectivity index (χ4n) is 4.50. The fraction of sp³-hybridized carbons (Fsp3) is 0.133. The molecule has 0 spiro atoms. The molecule has 1 atom stereocenters. The minimum atomic E-state index is -4.54. The SMILES string of the molecule is CC(C(=O)O)c1cccc(Nc2cccc(-c3c4cccc(C(F)(F)F)c4nn3Cc3ccccc3)c2)c1. The molecule has 0 saturated heterocycles. The molecule has 1 heterocycles. The highest BCUT2D eigenvalue weighted by Crippen LogP contribution is 2.38. The van der Waals surface area contributed by atoms with Crippen LogP contribution in [0.25, 0.3) is 22.2 Å². The summed E-state index contributed by atoms with van der Waals surface area (Å²) in [5.74, 6) is -1.58. The first-order valence-corrected chi connectivity index (χ1v) is 12.0. The highest BCUT2D eigenvalue weighted by atomic mass is 19.4. The minimum absolute atomic E-state index is 0.0975. The first-order chi connectivity index (χ1) is 18.2. The van der Waals surface area contributed by atoms with E-state index in [4.69, 9.17) is 0 Å². The maximum Gasteiger partial charge on any atom is 0.418 e. The van der Waals surface area contributed by atoms with E-state index in [0.717, 1.165) is 11.6 Å². The molecule has 0 fully saturated rings. The van der Waals surface area contributed by atoms with Gasteiger partial charge in [0.15, 0.2) is 0 Å². The second-order valence-corrected chi connectivity index (χ2v) is 9.08. The van der Waals surface area contributed by atoms with Gasteiger partial charge in [-0.1, -0.05) is 66.7 Å². The van der Waals surface area contributed by atoms with Crippen LogP contribution < -0.4 is 5.32 Å². The van der Waals surface area contributed by atoms with Gasteiger partial charge in [-0.2, -0.15) is 18.3 Å². The van der Waals surface area contributed by atoms with Crippen molar-refractivity contribution in [1.82, 2.24) is 9.78 Å². The van der Waals surface area contributed by atoms with Crippen molar-refractivity contribution in [2.24, 2.45) is 0 Å². The van der Waals surface area contributed by atoms with Crippen molar-refractivity contribution in [1.29, 1.82) is 0 Å². The molecule has 5 aromatic rings. The third-order valence-electron chi connectivity index (χ3n) is 6.43. The maximum absolute atomic E-state index is 13.8. The molecular formula is C30H24F3N3O2. The Morgan fingerprint density at radius 2 is 1.61 bits per heavy atom. The van der Waals surface area contributed by atoms with Gasteiger partial charge in [-0.15, -0.1) is 0 Å². The second kappa shape index (κ2) is 10.0. The molecule has 0 aliphatic rings. The molecule has 0 aliphatic carbocycles. The Labute approximate surface area is 217 Å². The number of aliphatic carboxylic acids is 1. The lowest BCUT2D eigenvalue weighted by molar-refractivity contribution is -0.138. The number of halogens is 3. The van der Waals surface area contributed by atoms with Crippen LogP contribution in [0, 0.1) is 0 Å². The number of hydrogen-bond acceptors (Lipinski definition) is 3. The summed E-state index contributed by atoms with van der Waals surface area (Å²) in [7, 11) is 0. The van der Waals surface area contributed by atoms with Gasteiger partial charge in [0.05, 0.1) is 23.7 Å². The molecule has 1 aromatic heterocycles. The molecule has 0 bridgehead atoms. The Bertz CT molecular complexity index is 1610. The zero-order chi connectivity index (χ0) is 26.9. The Morgan fingerprint density at radius 3 is 2.32 bits per heavy atom. The molecule has 5 nitrogen and oxygen atoms in total. The largest absolute Gasteiger partial charge is 0.481 e. The first kappa shape index (κ1) is 25.1. The van der Waals surface area contributed by atoms with Gasteiger partial charge >= 0.3 is 12.1 Å². The van der Waals surface area contributed by atoms with Crippen molar-refractivity contribution in [3.63, 3.8) is 0 Å². The summed E-state index contributed by atoms with van der Waals surface area (Å²) in [5, 5.41) is 17.5. The van der Waals surface area contributed by atoms with Gasteiger partial charge in [0.25, 0.3) is 0 Å². The summed E-state index contributed by atoms with van der Waals surface area (Å²) in [6, 6.07) is 28.1. The van der Waals surface area contributed by atoms with E-state index in [1.807, 2.05) is 60.7 Å². The molecule has 0 amide bonds. The van der Waals surface area contributed by atoms with Crippen molar-refractivity contribution >= 4 is 28.2 Å². The number of carbonyl (C=O) groups is 1. The van der Waals surface area contributed by atoms with Crippen molar-refractivity contribution in [2.45, 2.75) is 25.6 Å².